The zero-order valence-electron chi connectivity index (χ0n) is 17.7. The van der Waals surface area contributed by atoms with Crippen LogP contribution in [0.3, 0.4) is 0 Å². The van der Waals surface area contributed by atoms with Crippen LogP contribution in [0.5, 0.6) is 0 Å². The van der Waals surface area contributed by atoms with Crippen LogP contribution in [0.1, 0.15) is 12.5 Å². The van der Waals surface area contributed by atoms with Crippen LogP contribution in [0.15, 0.2) is 70.9 Å². The van der Waals surface area contributed by atoms with Gasteiger partial charge >= 0.3 is 5.97 Å². The van der Waals surface area contributed by atoms with Crippen LogP contribution in [0.4, 0.5) is 11.4 Å². The van der Waals surface area contributed by atoms with Crippen LogP contribution in [0.25, 0.3) is 0 Å². The Balaban J connectivity index is 1.69. The first-order valence-electron chi connectivity index (χ1n) is 10.3. The van der Waals surface area contributed by atoms with E-state index in [1.54, 1.807) is 0 Å². The first-order chi connectivity index (χ1) is 15.1. The number of carbonyl (C=O) groups excluding carboxylic acids is 1. The van der Waals surface area contributed by atoms with Crippen molar-refractivity contribution in [2.75, 3.05) is 32.0 Å². The van der Waals surface area contributed by atoms with E-state index in [0.29, 0.717) is 11.5 Å². The fraction of sp³-hybridized carbons (Fsp3) is 0.292. The largest absolute Gasteiger partial charge is 0.457 e. The molecule has 2 aliphatic heterocycles. The van der Waals surface area contributed by atoms with Crippen molar-refractivity contribution in [3.05, 3.63) is 71.4 Å². The van der Waals surface area contributed by atoms with Crippen molar-refractivity contribution in [3.63, 3.8) is 0 Å². The summed E-state index contributed by atoms with van der Waals surface area (Å²) in [4.78, 5) is 22.1. The number of hydrogen-bond donors (Lipinski definition) is 1. The van der Waals surface area contributed by atoms with E-state index in [2.05, 4.69) is 35.2 Å². The van der Waals surface area contributed by atoms with Gasteiger partial charge < -0.3 is 19.9 Å². The Bertz CT molecular complexity index is 1070. The number of benzene rings is 2. The van der Waals surface area contributed by atoms with Crippen LogP contribution < -0.4 is 5.32 Å². The van der Waals surface area contributed by atoms with Gasteiger partial charge in [0.15, 0.2) is 11.4 Å². The minimum Gasteiger partial charge on any atom is -0.457 e. The summed E-state index contributed by atoms with van der Waals surface area (Å²) < 4.78 is 5.46. The lowest BCUT2D eigenvalue weighted by molar-refractivity contribution is -0.139. The first-order valence-corrected chi connectivity index (χ1v) is 10.3. The van der Waals surface area contributed by atoms with Gasteiger partial charge in [0.2, 0.25) is 0 Å². The van der Waals surface area contributed by atoms with Crippen molar-refractivity contribution < 1.29 is 9.53 Å². The topological polar surface area (TPSA) is 81.0 Å². The number of nitrogens with one attached hydrogen (secondary N) is 1. The average Bonchev–Trinajstić information content (AvgIpc) is 2.78. The van der Waals surface area contributed by atoms with E-state index >= 15 is 0 Å². The standard InChI is InChI=1S/C24H25N5O2/c1-17-15-28(2)12-13-29(17)23-22(26-20-10-6-7-11-21(20)27-23)19(14-25)24(30)31-16-18-8-4-3-5-9-18/h3-11,17,26H,12-13,15-16H2,1-2H3. The number of nitriles is 1. The molecule has 0 spiro atoms. The Labute approximate surface area is 182 Å². The molecule has 158 valence electrons. The van der Waals surface area contributed by atoms with Crippen LogP contribution >= 0.6 is 0 Å². The molecule has 0 aliphatic carbocycles. The quantitative estimate of drug-likeness (QED) is 0.471. The van der Waals surface area contributed by atoms with Crippen molar-refractivity contribution >= 4 is 23.2 Å². The Hall–Kier alpha value is -3.63. The van der Waals surface area contributed by atoms with Gasteiger partial charge in [-0.2, -0.15) is 5.26 Å². The van der Waals surface area contributed by atoms with Gasteiger partial charge in [0, 0.05) is 25.7 Å². The summed E-state index contributed by atoms with van der Waals surface area (Å²) in [7, 11) is 2.09. The maximum absolute atomic E-state index is 12.9. The van der Waals surface area contributed by atoms with E-state index < -0.39 is 5.97 Å². The molecule has 0 bridgehead atoms. The Morgan fingerprint density at radius 3 is 2.68 bits per heavy atom. The van der Waals surface area contributed by atoms with Gasteiger partial charge in [-0.05, 0) is 31.7 Å². The molecule has 2 aliphatic rings. The van der Waals surface area contributed by atoms with E-state index in [1.165, 1.54) is 0 Å². The molecule has 2 aromatic rings. The second-order valence-electron chi connectivity index (χ2n) is 7.81. The molecule has 1 atom stereocenters. The molecule has 2 aromatic carbocycles. The number of hydrogen-bond acceptors (Lipinski definition) is 7. The normalized spacial score (nSPS) is 20.1. The fourth-order valence-corrected chi connectivity index (χ4v) is 3.87. The van der Waals surface area contributed by atoms with Gasteiger partial charge in [0.05, 0.1) is 11.4 Å². The van der Waals surface area contributed by atoms with Gasteiger partial charge in [-0.3, -0.25) is 0 Å². The van der Waals surface area contributed by atoms with E-state index in [9.17, 15) is 10.1 Å². The predicted octanol–water partition coefficient (Wildman–Crippen LogP) is 3.30. The maximum Gasteiger partial charge on any atom is 0.351 e. The number of aliphatic imine (C=N–C) groups is 1. The fourth-order valence-electron chi connectivity index (χ4n) is 3.87. The molecule has 0 amide bonds. The summed E-state index contributed by atoms with van der Waals surface area (Å²) in [6.07, 6.45) is 0. The average molecular weight is 415 g/mol. The van der Waals surface area contributed by atoms with Crippen molar-refractivity contribution in [1.29, 1.82) is 5.26 Å². The van der Waals surface area contributed by atoms with Crippen LogP contribution in [0, 0.1) is 11.3 Å². The molecule has 1 N–H and O–H groups in total. The summed E-state index contributed by atoms with van der Waals surface area (Å²) in [5.74, 6) is -0.0600. The third-order valence-electron chi connectivity index (χ3n) is 5.49. The number of ether oxygens (including phenoxy) is 1. The van der Waals surface area contributed by atoms with E-state index in [-0.39, 0.29) is 18.2 Å². The number of rotatable bonds is 3. The van der Waals surface area contributed by atoms with Crippen LogP contribution in [0.2, 0.25) is 0 Å². The molecule has 1 saturated heterocycles. The predicted molar refractivity (Wildman–Crippen MR) is 120 cm³/mol. The highest BCUT2D eigenvalue weighted by molar-refractivity contribution is 6.12. The molecule has 0 saturated carbocycles. The zero-order valence-corrected chi connectivity index (χ0v) is 17.7. The van der Waals surface area contributed by atoms with Crippen LogP contribution in [-0.2, 0) is 16.1 Å². The van der Waals surface area contributed by atoms with Gasteiger partial charge in [0.25, 0.3) is 0 Å². The second kappa shape index (κ2) is 9.02. The summed E-state index contributed by atoms with van der Waals surface area (Å²) >= 11 is 0. The highest BCUT2D eigenvalue weighted by atomic mass is 16.5. The number of piperazine rings is 1. The minimum absolute atomic E-state index is 0.0738. The van der Waals surface area contributed by atoms with Crippen molar-refractivity contribution in [2.45, 2.75) is 19.6 Å². The molecule has 0 radical (unpaired) electrons. The van der Waals surface area contributed by atoms with E-state index in [4.69, 9.17) is 9.73 Å². The number of amidine groups is 1. The molecule has 2 heterocycles. The lowest BCUT2D eigenvalue weighted by atomic mass is 10.1. The van der Waals surface area contributed by atoms with Gasteiger partial charge in [-0.1, -0.05) is 42.5 Å². The SMILES string of the molecule is CC1CN(C)CCN1C1=Nc2ccccc2NC1=C(C#N)C(=O)OCc1ccccc1. The van der Waals surface area contributed by atoms with Crippen molar-refractivity contribution in [1.82, 2.24) is 9.80 Å². The summed E-state index contributed by atoms with van der Waals surface area (Å²) in [5.41, 5.74) is 2.72. The zero-order chi connectivity index (χ0) is 21.8. The van der Waals surface area contributed by atoms with Gasteiger partial charge in [-0.25, -0.2) is 9.79 Å². The van der Waals surface area contributed by atoms with Crippen molar-refractivity contribution in [3.8, 4) is 6.07 Å². The first kappa shape index (κ1) is 20.6. The Morgan fingerprint density at radius 2 is 1.94 bits per heavy atom. The summed E-state index contributed by atoms with van der Waals surface area (Å²) in [5, 5.41) is 13.2. The monoisotopic (exact) mass is 415 g/mol. The molecule has 31 heavy (non-hydrogen) atoms. The van der Waals surface area contributed by atoms with E-state index in [1.807, 2.05) is 54.6 Å². The minimum atomic E-state index is -0.664. The Morgan fingerprint density at radius 1 is 1.19 bits per heavy atom. The molecular formula is C24H25N5O2. The molecule has 7 heteroatoms. The number of likely N-dealkylation sites (N-methyl/N-ethyl adjacent to an activating group) is 1. The molecule has 1 fully saturated rings. The smallest absolute Gasteiger partial charge is 0.351 e. The highest BCUT2D eigenvalue weighted by Crippen LogP contribution is 2.33. The molecule has 1 unspecified atom stereocenters. The number of nitrogens with zero attached hydrogens (tertiary/aromatic N) is 4. The van der Waals surface area contributed by atoms with Crippen LogP contribution in [-0.4, -0.2) is 54.3 Å². The summed E-state index contributed by atoms with van der Waals surface area (Å²) in [6, 6.07) is 19.3. The van der Waals surface area contributed by atoms with Gasteiger partial charge in [-0.15, -0.1) is 0 Å². The molecule has 7 nitrogen and oxygen atoms in total. The molecule has 0 aromatic heterocycles. The van der Waals surface area contributed by atoms with Crippen molar-refractivity contribution in [2.24, 2.45) is 4.99 Å². The number of esters is 1. The highest BCUT2D eigenvalue weighted by Gasteiger charge is 2.32. The summed E-state index contributed by atoms with van der Waals surface area (Å²) in [6.45, 7) is 4.72. The second-order valence-corrected chi connectivity index (χ2v) is 7.81. The number of carbonyl (C=O) groups is 1. The lowest BCUT2D eigenvalue weighted by Crippen LogP contribution is -2.54. The number of anilines is 1. The van der Waals surface area contributed by atoms with E-state index in [0.717, 1.165) is 36.6 Å². The third kappa shape index (κ3) is 4.44. The van der Waals surface area contributed by atoms with Gasteiger partial charge in [0.1, 0.15) is 18.4 Å². The molecule has 4 rings (SSSR count). The Kier molecular flexibility index (Phi) is 6.01. The third-order valence-corrected chi connectivity index (χ3v) is 5.49. The maximum atomic E-state index is 12.9. The lowest BCUT2D eigenvalue weighted by Gasteiger charge is -2.41. The number of para-hydroxylation sites is 2. The number of fused-ring (bicyclic) bond motifs is 1. The molecular weight excluding hydrogens is 390 g/mol.